The molecule has 0 N–H and O–H groups in total. The number of rotatable bonds is 5. The molecule has 0 spiro atoms. The summed E-state index contributed by atoms with van der Waals surface area (Å²) in [4.78, 5) is 27.0. The van der Waals surface area contributed by atoms with Crippen LogP contribution in [0, 0.1) is 17.2 Å². The van der Waals surface area contributed by atoms with Gasteiger partial charge in [0.25, 0.3) is 0 Å². The minimum absolute atomic E-state index is 0.0571. The third-order valence-electron chi connectivity index (χ3n) is 4.67. The fourth-order valence-corrected chi connectivity index (χ4v) is 3.43. The maximum absolute atomic E-state index is 12.8. The van der Waals surface area contributed by atoms with Crippen molar-refractivity contribution in [2.75, 3.05) is 18.6 Å². The zero-order valence-electron chi connectivity index (χ0n) is 15.0. The highest BCUT2D eigenvalue weighted by Gasteiger charge is 2.42. The van der Waals surface area contributed by atoms with E-state index in [0.717, 1.165) is 5.56 Å². The minimum atomic E-state index is -0.541. The highest BCUT2D eigenvalue weighted by atomic mass is 16.5. The number of amides is 1. The van der Waals surface area contributed by atoms with E-state index >= 15 is 0 Å². The van der Waals surface area contributed by atoms with Gasteiger partial charge in [0.05, 0.1) is 19.1 Å². The minimum Gasteiger partial charge on any atom is -0.497 e. The smallest absolute Gasteiger partial charge is 0.312 e. The molecule has 0 bridgehead atoms. The van der Waals surface area contributed by atoms with E-state index < -0.39 is 17.9 Å². The van der Waals surface area contributed by atoms with Crippen LogP contribution in [0.3, 0.4) is 0 Å². The van der Waals surface area contributed by atoms with Crippen molar-refractivity contribution in [1.29, 1.82) is 5.26 Å². The third kappa shape index (κ3) is 3.93. The van der Waals surface area contributed by atoms with Gasteiger partial charge in [-0.15, -0.1) is 0 Å². The van der Waals surface area contributed by atoms with Gasteiger partial charge in [0, 0.05) is 12.1 Å². The molecule has 2 aromatic carbocycles. The summed E-state index contributed by atoms with van der Waals surface area (Å²) < 4.78 is 10.3. The largest absolute Gasteiger partial charge is 0.497 e. The van der Waals surface area contributed by atoms with E-state index in [1.54, 1.807) is 36.3 Å². The Bertz CT molecular complexity index is 843. The first-order valence-corrected chi connectivity index (χ1v) is 8.70. The molecule has 6 heteroatoms. The molecule has 6 nitrogen and oxygen atoms in total. The first kappa shape index (κ1) is 18.5. The van der Waals surface area contributed by atoms with Crippen LogP contribution in [0.15, 0.2) is 54.6 Å². The number of esters is 1. The van der Waals surface area contributed by atoms with Crippen LogP contribution in [0.25, 0.3) is 0 Å². The lowest BCUT2D eigenvalue weighted by molar-refractivity contribution is -0.149. The average molecular weight is 364 g/mol. The summed E-state index contributed by atoms with van der Waals surface area (Å²) >= 11 is 0. The number of carbonyl (C=O) groups is 2. The molecule has 1 aliphatic heterocycles. The Balaban J connectivity index is 2.02. The van der Waals surface area contributed by atoms with Crippen LogP contribution < -0.4 is 9.64 Å². The second-order valence-electron chi connectivity index (χ2n) is 6.23. The van der Waals surface area contributed by atoms with Crippen LogP contribution in [0.1, 0.15) is 24.4 Å². The van der Waals surface area contributed by atoms with E-state index in [4.69, 9.17) is 14.7 Å². The highest BCUT2D eigenvalue weighted by molar-refractivity contribution is 5.97. The van der Waals surface area contributed by atoms with Gasteiger partial charge in [0.15, 0.2) is 6.61 Å². The van der Waals surface area contributed by atoms with Crippen molar-refractivity contribution < 1.29 is 19.1 Å². The summed E-state index contributed by atoms with van der Waals surface area (Å²) in [5.41, 5.74) is 1.53. The van der Waals surface area contributed by atoms with E-state index in [9.17, 15) is 9.59 Å². The van der Waals surface area contributed by atoms with Gasteiger partial charge in [-0.05, 0) is 36.2 Å². The highest BCUT2D eigenvalue weighted by Crippen LogP contribution is 2.40. The lowest BCUT2D eigenvalue weighted by atomic mass is 9.84. The molecule has 2 atom stereocenters. The summed E-state index contributed by atoms with van der Waals surface area (Å²) in [5.74, 6) is -0.375. The topological polar surface area (TPSA) is 79.6 Å². The molecule has 1 fully saturated rings. The van der Waals surface area contributed by atoms with E-state index in [1.807, 2.05) is 36.4 Å². The lowest BCUT2D eigenvalue weighted by Gasteiger charge is -2.40. The summed E-state index contributed by atoms with van der Waals surface area (Å²) in [6.45, 7) is -0.298. The third-order valence-corrected chi connectivity index (χ3v) is 4.67. The summed E-state index contributed by atoms with van der Waals surface area (Å²) in [5, 5.41) is 8.71. The van der Waals surface area contributed by atoms with Gasteiger partial charge >= 0.3 is 5.97 Å². The molecule has 0 aliphatic carbocycles. The normalized spacial score (nSPS) is 19.3. The number of hydrogen-bond acceptors (Lipinski definition) is 5. The van der Waals surface area contributed by atoms with Crippen LogP contribution in [0.4, 0.5) is 5.69 Å². The van der Waals surface area contributed by atoms with E-state index in [2.05, 4.69) is 0 Å². The van der Waals surface area contributed by atoms with Crippen molar-refractivity contribution >= 4 is 17.6 Å². The van der Waals surface area contributed by atoms with Crippen LogP contribution in [-0.4, -0.2) is 25.6 Å². The number of ether oxygens (including phenoxy) is 2. The Labute approximate surface area is 157 Å². The quantitative estimate of drug-likeness (QED) is 0.761. The molecule has 0 aromatic heterocycles. The number of methoxy groups -OCH3 is 1. The Morgan fingerprint density at radius 3 is 2.52 bits per heavy atom. The van der Waals surface area contributed by atoms with Crippen LogP contribution in [0.2, 0.25) is 0 Å². The molecule has 1 amide bonds. The van der Waals surface area contributed by atoms with E-state index in [-0.39, 0.29) is 18.9 Å². The monoisotopic (exact) mass is 364 g/mol. The summed E-state index contributed by atoms with van der Waals surface area (Å²) in [7, 11) is 1.58. The molecular weight excluding hydrogens is 344 g/mol. The molecule has 1 heterocycles. The number of piperidine rings is 1. The Hall–Kier alpha value is -3.33. The number of hydrogen-bond donors (Lipinski definition) is 0. The predicted molar refractivity (Wildman–Crippen MR) is 99.0 cm³/mol. The zero-order valence-corrected chi connectivity index (χ0v) is 15.0. The first-order valence-electron chi connectivity index (χ1n) is 8.70. The number of nitriles is 1. The molecule has 1 saturated heterocycles. The zero-order chi connectivity index (χ0) is 19.2. The van der Waals surface area contributed by atoms with Crippen molar-refractivity contribution in [2.24, 2.45) is 5.92 Å². The molecule has 2 unspecified atom stereocenters. The van der Waals surface area contributed by atoms with Crippen LogP contribution in [0.5, 0.6) is 5.75 Å². The van der Waals surface area contributed by atoms with Crippen LogP contribution in [-0.2, 0) is 14.3 Å². The van der Waals surface area contributed by atoms with Gasteiger partial charge in [0.2, 0.25) is 5.91 Å². The van der Waals surface area contributed by atoms with Crippen LogP contribution >= 0.6 is 0 Å². The van der Waals surface area contributed by atoms with Crippen molar-refractivity contribution in [3.63, 3.8) is 0 Å². The molecular formula is C21H20N2O4. The van der Waals surface area contributed by atoms with Gasteiger partial charge in [-0.2, -0.15) is 5.26 Å². The number of anilines is 1. The Kier molecular flexibility index (Phi) is 5.72. The SMILES string of the molecule is COc1ccc(N2C(=O)CCC(C(=O)OCC#N)C2c2ccccc2)cc1. The van der Waals surface area contributed by atoms with Gasteiger partial charge in [-0.25, -0.2) is 0 Å². The first-order chi connectivity index (χ1) is 13.2. The van der Waals surface area contributed by atoms with Crippen molar-refractivity contribution in [3.05, 3.63) is 60.2 Å². The van der Waals surface area contributed by atoms with Crippen molar-refractivity contribution in [2.45, 2.75) is 18.9 Å². The molecule has 27 heavy (non-hydrogen) atoms. The lowest BCUT2D eigenvalue weighted by Crippen LogP contribution is -2.46. The molecule has 138 valence electrons. The van der Waals surface area contributed by atoms with Gasteiger partial charge in [-0.1, -0.05) is 30.3 Å². The average Bonchev–Trinajstić information content (AvgIpc) is 2.72. The van der Waals surface area contributed by atoms with Gasteiger partial charge in [-0.3, -0.25) is 9.59 Å². The molecule has 1 aliphatic rings. The maximum Gasteiger partial charge on any atom is 0.312 e. The van der Waals surface area contributed by atoms with Gasteiger partial charge in [0.1, 0.15) is 11.8 Å². The van der Waals surface area contributed by atoms with E-state index in [1.165, 1.54) is 0 Å². The second-order valence-corrected chi connectivity index (χ2v) is 6.23. The number of nitrogens with zero attached hydrogens (tertiary/aromatic N) is 2. The van der Waals surface area contributed by atoms with E-state index in [0.29, 0.717) is 17.9 Å². The standard InChI is InChI=1S/C21H20N2O4/c1-26-17-9-7-16(8-10-17)23-19(24)12-11-18(21(25)27-14-13-22)20(23)15-5-3-2-4-6-15/h2-10,18,20H,11-12,14H2,1H3. The fraction of sp³-hybridized carbons (Fsp3) is 0.286. The summed E-state index contributed by atoms with van der Waals surface area (Å²) in [6.07, 6.45) is 0.622. The van der Waals surface area contributed by atoms with Crippen molar-refractivity contribution in [3.8, 4) is 11.8 Å². The summed E-state index contributed by atoms with van der Waals surface area (Å²) in [6, 6.07) is 17.9. The number of benzene rings is 2. The Morgan fingerprint density at radius 2 is 1.89 bits per heavy atom. The second kappa shape index (κ2) is 8.37. The fourth-order valence-electron chi connectivity index (χ4n) is 3.43. The number of carbonyl (C=O) groups excluding carboxylic acids is 2. The molecule has 0 saturated carbocycles. The molecule has 3 rings (SSSR count). The maximum atomic E-state index is 12.8. The molecule has 2 aromatic rings. The predicted octanol–water partition coefficient (Wildman–Crippen LogP) is 3.25. The Morgan fingerprint density at radius 1 is 1.19 bits per heavy atom. The van der Waals surface area contributed by atoms with Crippen molar-refractivity contribution in [1.82, 2.24) is 0 Å². The molecule has 0 radical (unpaired) electrons. The van der Waals surface area contributed by atoms with Gasteiger partial charge < -0.3 is 14.4 Å².